The first-order chi connectivity index (χ1) is 25.9. The van der Waals surface area contributed by atoms with Crippen LogP contribution in [-0.2, 0) is 45.7 Å². The van der Waals surface area contributed by atoms with E-state index in [0.29, 0.717) is 13.0 Å². The molecule has 0 unspecified atom stereocenters. The minimum Gasteiger partial charge on any atom is -0.392 e. The van der Waals surface area contributed by atoms with Crippen LogP contribution in [0.2, 0.25) is 0 Å². The van der Waals surface area contributed by atoms with Gasteiger partial charge in [-0.1, -0.05) is 146 Å². The van der Waals surface area contributed by atoms with E-state index < -0.39 is 16.3 Å². The number of hydrogen-bond donors (Lipinski definition) is 2. The third-order valence-electron chi connectivity index (χ3n) is 9.54. The Balaban J connectivity index is 1.10. The second-order valence-electron chi connectivity index (χ2n) is 13.5. The van der Waals surface area contributed by atoms with E-state index in [4.69, 9.17) is 9.47 Å². The lowest BCUT2D eigenvalue weighted by Gasteiger charge is -2.38. The zero-order chi connectivity index (χ0) is 36.5. The van der Waals surface area contributed by atoms with E-state index in [1.54, 1.807) is 30.3 Å². The number of nitrogens with one attached hydrogen (secondary N) is 1. The molecule has 0 radical (unpaired) electrons. The zero-order valence-corrected chi connectivity index (χ0v) is 30.3. The highest BCUT2D eigenvalue weighted by atomic mass is 32.2. The lowest BCUT2D eigenvalue weighted by molar-refractivity contribution is -0.253. The molecule has 3 atom stereocenters. The molecule has 1 fully saturated rings. The van der Waals surface area contributed by atoms with Crippen molar-refractivity contribution in [1.29, 1.82) is 0 Å². The van der Waals surface area contributed by atoms with Gasteiger partial charge in [-0.15, -0.1) is 0 Å². The van der Waals surface area contributed by atoms with E-state index in [1.165, 1.54) is 11.1 Å². The van der Waals surface area contributed by atoms with E-state index in [1.807, 2.05) is 72.8 Å². The number of nitrogens with zero attached hydrogens (tertiary/aromatic N) is 1. The fraction of sp³-hybridized carbons (Fsp3) is 0.200. The van der Waals surface area contributed by atoms with Crippen molar-refractivity contribution in [3.05, 3.63) is 197 Å². The molecule has 1 saturated heterocycles. The van der Waals surface area contributed by atoms with Crippen LogP contribution in [0.1, 0.15) is 52.2 Å². The third kappa shape index (κ3) is 9.74. The van der Waals surface area contributed by atoms with Crippen molar-refractivity contribution in [1.82, 2.24) is 9.62 Å². The smallest absolute Gasteiger partial charge is 0.240 e. The summed E-state index contributed by atoms with van der Waals surface area (Å²) in [6, 6.07) is 53.5. The van der Waals surface area contributed by atoms with Crippen LogP contribution in [0.4, 0.5) is 0 Å². The summed E-state index contributed by atoms with van der Waals surface area (Å²) < 4.78 is 41.7. The van der Waals surface area contributed by atoms with E-state index in [9.17, 15) is 13.5 Å². The second kappa shape index (κ2) is 17.3. The van der Waals surface area contributed by atoms with Crippen molar-refractivity contribution in [2.75, 3.05) is 6.54 Å². The maximum absolute atomic E-state index is 12.8. The molecule has 0 bridgehead atoms. The van der Waals surface area contributed by atoms with E-state index >= 15 is 0 Å². The molecule has 6 aromatic carbocycles. The summed E-state index contributed by atoms with van der Waals surface area (Å²) in [6.45, 7) is 2.47. The van der Waals surface area contributed by atoms with Gasteiger partial charge in [0.25, 0.3) is 0 Å². The van der Waals surface area contributed by atoms with E-state index in [0.717, 1.165) is 46.5 Å². The van der Waals surface area contributed by atoms with Crippen molar-refractivity contribution in [3.8, 4) is 11.1 Å². The molecule has 1 heterocycles. The quantitative estimate of drug-likeness (QED) is 0.117. The molecule has 53 heavy (non-hydrogen) atoms. The molecule has 0 saturated carbocycles. The van der Waals surface area contributed by atoms with Crippen LogP contribution in [0, 0.1) is 0 Å². The van der Waals surface area contributed by atoms with Gasteiger partial charge in [-0.3, -0.25) is 4.90 Å². The molecular weight excluding hydrogens is 681 g/mol. The van der Waals surface area contributed by atoms with Crippen LogP contribution in [0.3, 0.4) is 0 Å². The lowest BCUT2D eigenvalue weighted by Crippen LogP contribution is -2.39. The maximum atomic E-state index is 12.8. The Morgan fingerprint density at radius 1 is 0.604 bits per heavy atom. The largest absolute Gasteiger partial charge is 0.392 e. The standard InChI is InChI=1S/C45H44N2O5S/c48-33-36-19-21-39(22-20-36)44-28-42(32-47(30-34-11-4-1-5-12-34)31-35-13-6-2-7-14-35)51-45(52-44)40-25-23-38(24-26-40)41-16-10-15-37(27-41)29-46-53(49,50)43-17-8-3-9-18-43/h1-27,42,44-46,48H,28-33H2/t42-,44+,45+/m0/s1. The van der Waals surface area contributed by atoms with Crippen LogP contribution >= 0.6 is 0 Å². The average molecular weight is 725 g/mol. The normalized spacial score (nSPS) is 17.5. The van der Waals surface area contributed by atoms with E-state index in [-0.39, 0.29) is 30.3 Å². The highest BCUT2D eigenvalue weighted by Gasteiger charge is 2.33. The Morgan fingerprint density at radius 2 is 1.19 bits per heavy atom. The van der Waals surface area contributed by atoms with Gasteiger partial charge >= 0.3 is 0 Å². The van der Waals surface area contributed by atoms with Crippen LogP contribution in [0.5, 0.6) is 0 Å². The van der Waals surface area contributed by atoms with Gasteiger partial charge in [0.15, 0.2) is 6.29 Å². The van der Waals surface area contributed by atoms with Gasteiger partial charge < -0.3 is 14.6 Å². The predicted molar refractivity (Wildman–Crippen MR) is 208 cm³/mol. The fourth-order valence-corrected chi connectivity index (χ4v) is 7.78. The molecule has 2 N–H and O–H groups in total. The summed E-state index contributed by atoms with van der Waals surface area (Å²) in [6.07, 6.45) is -0.203. The third-order valence-corrected chi connectivity index (χ3v) is 11.0. The predicted octanol–water partition coefficient (Wildman–Crippen LogP) is 8.57. The second-order valence-corrected chi connectivity index (χ2v) is 15.2. The molecular formula is C45H44N2O5S. The Bertz CT molecular complexity index is 2110. The highest BCUT2D eigenvalue weighted by molar-refractivity contribution is 7.89. The van der Waals surface area contributed by atoms with Crippen LogP contribution in [0.25, 0.3) is 11.1 Å². The summed E-state index contributed by atoms with van der Waals surface area (Å²) >= 11 is 0. The Kier molecular flexibility index (Phi) is 11.9. The minimum absolute atomic E-state index is 0.00729. The first-order valence-corrected chi connectivity index (χ1v) is 19.4. The van der Waals surface area contributed by atoms with Crippen LogP contribution in [0.15, 0.2) is 169 Å². The molecule has 8 heteroatoms. The summed E-state index contributed by atoms with van der Waals surface area (Å²) in [5, 5.41) is 9.65. The maximum Gasteiger partial charge on any atom is 0.240 e. The number of sulfonamides is 1. The molecule has 0 spiro atoms. The molecule has 1 aliphatic heterocycles. The summed E-state index contributed by atoms with van der Waals surface area (Å²) in [7, 11) is -3.62. The molecule has 7 rings (SSSR count). The number of benzene rings is 6. The SMILES string of the molecule is O=S(=O)(NCc1cccc(-c2ccc([C@@H]3O[C@H](CN(Cc4ccccc4)Cc4ccccc4)C[C@H](c4ccc(CO)cc4)O3)cc2)c1)c1ccccc1. The zero-order valence-electron chi connectivity index (χ0n) is 29.5. The van der Waals surface area contributed by atoms with Crippen molar-refractivity contribution in [2.45, 2.75) is 56.1 Å². The van der Waals surface area contributed by atoms with Crippen molar-refractivity contribution >= 4 is 10.0 Å². The molecule has 0 aliphatic carbocycles. The van der Waals surface area contributed by atoms with Crippen molar-refractivity contribution in [3.63, 3.8) is 0 Å². The first-order valence-electron chi connectivity index (χ1n) is 18.0. The van der Waals surface area contributed by atoms with E-state index in [2.05, 4.69) is 70.3 Å². The molecule has 0 aromatic heterocycles. The number of aliphatic hydroxyl groups excluding tert-OH is 1. The fourth-order valence-electron chi connectivity index (χ4n) is 6.74. The van der Waals surface area contributed by atoms with Crippen LogP contribution < -0.4 is 4.72 Å². The number of ether oxygens (including phenoxy) is 2. The van der Waals surface area contributed by atoms with Crippen molar-refractivity contribution < 1.29 is 23.0 Å². The lowest BCUT2D eigenvalue weighted by atomic mass is 9.98. The van der Waals surface area contributed by atoms with Crippen LogP contribution in [-0.4, -0.2) is 31.1 Å². The van der Waals surface area contributed by atoms with Gasteiger partial charge in [0.05, 0.1) is 23.7 Å². The molecule has 6 aromatic rings. The Labute approximate surface area is 312 Å². The first kappa shape index (κ1) is 36.4. The van der Waals surface area contributed by atoms with Gasteiger partial charge in [0.2, 0.25) is 10.0 Å². The molecule has 7 nitrogen and oxygen atoms in total. The number of hydrogen-bond acceptors (Lipinski definition) is 6. The molecule has 1 aliphatic rings. The van der Waals surface area contributed by atoms with Gasteiger partial charge in [-0.25, -0.2) is 13.1 Å². The van der Waals surface area contributed by atoms with Gasteiger partial charge in [0.1, 0.15) is 0 Å². The number of aliphatic hydroxyl groups is 1. The monoisotopic (exact) mass is 724 g/mol. The number of rotatable bonds is 14. The highest BCUT2D eigenvalue weighted by Crippen LogP contribution is 2.39. The molecule has 270 valence electrons. The van der Waals surface area contributed by atoms with Gasteiger partial charge in [-0.2, -0.15) is 0 Å². The summed E-state index contributed by atoms with van der Waals surface area (Å²) in [5.74, 6) is 0. The summed E-state index contributed by atoms with van der Waals surface area (Å²) in [4.78, 5) is 2.69. The van der Waals surface area contributed by atoms with Gasteiger partial charge in [-0.05, 0) is 57.1 Å². The van der Waals surface area contributed by atoms with Gasteiger partial charge in [0, 0.05) is 38.2 Å². The summed E-state index contributed by atoms with van der Waals surface area (Å²) in [5.41, 5.74) is 8.16. The average Bonchev–Trinajstić information content (AvgIpc) is 3.21. The molecule has 0 amide bonds. The van der Waals surface area contributed by atoms with Crippen molar-refractivity contribution in [2.24, 2.45) is 0 Å². The topological polar surface area (TPSA) is 88.1 Å². The minimum atomic E-state index is -3.62. The Morgan fingerprint density at radius 3 is 1.81 bits per heavy atom. The Hall–Kier alpha value is -4.93.